The molecule has 20 heavy (non-hydrogen) atoms. The molecule has 1 fully saturated rings. The summed E-state index contributed by atoms with van der Waals surface area (Å²) in [5, 5.41) is 20.2. The van der Waals surface area contributed by atoms with Crippen molar-refractivity contribution in [2.24, 2.45) is 11.7 Å². The third-order valence-electron chi connectivity index (χ3n) is 3.67. The highest BCUT2D eigenvalue weighted by molar-refractivity contribution is 5.95. The summed E-state index contributed by atoms with van der Waals surface area (Å²) in [4.78, 5) is 24.0. The van der Waals surface area contributed by atoms with Gasteiger partial charge in [-0.25, -0.2) is 0 Å². The van der Waals surface area contributed by atoms with Crippen molar-refractivity contribution in [2.75, 3.05) is 13.1 Å². The number of aromatic hydroxyl groups is 1. The summed E-state index contributed by atoms with van der Waals surface area (Å²) in [5.41, 5.74) is 5.46. The van der Waals surface area contributed by atoms with Crippen LogP contribution in [0, 0.1) is 16.0 Å². The van der Waals surface area contributed by atoms with E-state index in [2.05, 4.69) is 0 Å². The molecular weight excluding hydrogens is 262 g/mol. The lowest BCUT2D eigenvalue weighted by molar-refractivity contribution is -0.385. The van der Waals surface area contributed by atoms with Gasteiger partial charge >= 0.3 is 5.69 Å². The van der Waals surface area contributed by atoms with Crippen LogP contribution in [0.2, 0.25) is 0 Å². The lowest BCUT2D eigenvalue weighted by Crippen LogP contribution is -2.34. The van der Waals surface area contributed by atoms with E-state index in [1.807, 2.05) is 6.92 Å². The van der Waals surface area contributed by atoms with Gasteiger partial charge in [-0.2, -0.15) is 0 Å². The first kappa shape index (κ1) is 14.3. The number of nitrogens with two attached hydrogens (primary N) is 1. The third-order valence-corrected chi connectivity index (χ3v) is 3.67. The molecule has 1 aromatic carbocycles. The highest BCUT2D eigenvalue weighted by Crippen LogP contribution is 2.29. The highest BCUT2D eigenvalue weighted by atomic mass is 16.6. The fourth-order valence-corrected chi connectivity index (χ4v) is 2.57. The fourth-order valence-electron chi connectivity index (χ4n) is 2.57. The van der Waals surface area contributed by atoms with Crippen molar-refractivity contribution in [1.29, 1.82) is 0 Å². The van der Waals surface area contributed by atoms with Gasteiger partial charge in [-0.3, -0.25) is 14.9 Å². The van der Waals surface area contributed by atoms with Crippen LogP contribution in [0.3, 0.4) is 0 Å². The monoisotopic (exact) mass is 279 g/mol. The van der Waals surface area contributed by atoms with Gasteiger partial charge in [0.15, 0.2) is 5.75 Å². The average molecular weight is 279 g/mol. The first-order valence-electron chi connectivity index (χ1n) is 6.42. The Balaban J connectivity index is 2.22. The van der Waals surface area contributed by atoms with Crippen LogP contribution in [0.15, 0.2) is 18.2 Å². The standard InChI is InChI=1S/C13H17N3O4/c1-8-4-9(6-14)7-15(8)13(18)10-2-3-11(16(19)20)12(17)5-10/h2-3,5,8-9,17H,4,6-7,14H2,1H3. The zero-order valence-corrected chi connectivity index (χ0v) is 11.2. The molecule has 1 heterocycles. The van der Waals surface area contributed by atoms with E-state index in [9.17, 15) is 20.0 Å². The molecule has 1 saturated heterocycles. The first-order chi connectivity index (χ1) is 9.43. The number of hydrogen-bond donors (Lipinski definition) is 2. The SMILES string of the molecule is CC1CC(CN)CN1C(=O)c1ccc([N+](=O)[O-])c(O)c1. The molecule has 1 aromatic rings. The Morgan fingerprint density at radius 3 is 2.80 bits per heavy atom. The average Bonchev–Trinajstić information content (AvgIpc) is 2.78. The number of likely N-dealkylation sites (tertiary alicyclic amines) is 1. The molecule has 1 aliphatic heterocycles. The Kier molecular flexibility index (Phi) is 3.89. The van der Waals surface area contributed by atoms with Gasteiger partial charge in [0.2, 0.25) is 0 Å². The molecule has 3 N–H and O–H groups in total. The molecule has 2 rings (SSSR count). The van der Waals surface area contributed by atoms with Gasteiger partial charge in [-0.15, -0.1) is 0 Å². The molecule has 0 aliphatic carbocycles. The van der Waals surface area contributed by atoms with Crippen LogP contribution in [0.25, 0.3) is 0 Å². The minimum Gasteiger partial charge on any atom is -0.502 e. The lowest BCUT2D eigenvalue weighted by Gasteiger charge is -2.21. The van der Waals surface area contributed by atoms with E-state index in [0.29, 0.717) is 13.1 Å². The molecular formula is C13H17N3O4. The molecule has 7 nitrogen and oxygen atoms in total. The van der Waals surface area contributed by atoms with Crippen LogP contribution in [0.5, 0.6) is 5.75 Å². The number of phenolic OH excluding ortho intramolecular Hbond substituents is 1. The first-order valence-corrected chi connectivity index (χ1v) is 6.42. The van der Waals surface area contributed by atoms with E-state index in [-0.39, 0.29) is 23.4 Å². The van der Waals surface area contributed by atoms with Crippen molar-refractivity contribution in [3.8, 4) is 5.75 Å². The van der Waals surface area contributed by atoms with E-state index in [4.69, 9.17) is 5.73 Å². The summed E-state index contributed by atoms with van der Waals surface area (Å²) in [6.45, 7) is 3.05. The number of nitrogens with zero attached hydrogens (tertiary/aromatic N) is 2. The number of nitro benzene ring substituents is 1. The van der Waals surface area contributed by atoms with Crippen LogP contribution < -0.4 is 5.73 Å². The van der Waals surface area contributed by atoms with Crippen LogP contribution in [0.4, 0.5) is 5.69 Å². The summed E-state index contributed by atoms with van der Waals surface area (Å²) >= 11 is 0. The second-order valence-electron chi connectivity index (χ2n) is 5.10. The van der Waals surface area contributed by atoms with Crippen LogP contribution in [-0.2, 0) is 0 Å². The fraction of sp³-hybridized carbons (Fsp3) is 0.462. The van der Waals surface area contributed by atoms with Gasteiger partial charge < -0.3 is 15.7 Å². The van der Waals surface area contributed by atoms with Gasteiger partial charge in [0.1, 0.15) is 0 Å². The van der Waals surface area contributed by atoms with Gasteiger partial charge in [0.05, 0.1) is 4.92 Å². The van der Waals surface area contributed by atoms with Crippen LogP contribution in [0.1, 0.15) is 23.7 Å². The van der Waals surface area contributed by atoms with Gasteiger partial charge in [0, 0.05) is 24.2 Å². The van der Waals surface area contributed by atoms with Gasteiger partial charge in [0.25, 0.3) is 5.91 Å². The van der Waals surface area contributed by atoms with E-state index in [1.165, 1.54) is 6.07 Å². The number of hydrogen-bond acceptors (Lipinski definition) is 5. The minimum atomic E-state index is -0.688. The Hall–Kier alpha value is -2.15. The number of benzene rings is 1. The molecule has 1 amide bonds. The van der Waals surface area contributed by atoms with E-state index in [0.717, 1.165) is 18.6 Å². The summed E-state index contributed by atoms with van der Waals surface area (Å²) in [7, 11) is 0. The van der Waals surface area contributed by atoms with Crippen LogP contribution in [-0.4, -0.2) is 40.0 Å². The van der Waals surface area contributed by atoms with Crippen LogP contribution >= 0.6 is 0 Å². The molecule has 0 bridgehead atoms. The molecule has 2 atom stereocenters. The molecule has 0 spiro atoms. The van der Waals surface area contributed by atoms with Crippen molar-refractivity contribution in [3.05, 3.63) is 33.9 Å². The maximum absolute atomic E-state index is 12.4. The maximum atomic E-state index is 12.4. The van der Waals surface area contributed by atoms with E-state index >= 15 is 0 Å². The van der Waals surface area contributed by atoms with E-state index < -0.39 is 16.4 Å². The predicted octanol–water partition coefficient (Wildman–Crippen LogP) is 1.11. The topological polar surface area (TPSA) is 110 Å². The minimum absolute atomic E-state index is 0.0772. The molecule has 7 heteroatoms. The molecule has 2 unspecified atom stereocenters. The largest absolute Gasteiger partial charge is 0.502 e. The quantitative estimate of drug-likeness (QED) is 0.636. The normalized spacial score (nSPS) is 22.0. The Bertz CT molecular complexity index is 546. The molecule has 0 aromatic heterocycles. The summed E-state index contributed by atoms with van der Waals surface area (Å²) in [6.07, 6.45) is 0.848. The second-order valence-corrected chi connectivity index (χ2v) is 5.10. The number of nitro groups is 1. The third kappa shape index (κ3) is 2.57. The molecule has 1 aliphatic rings. The zero-order valence-electron chi connectivity index (χ0n) is 11.2. The number of amides is 1. The van der Waals surface area contributed by atoms with Crippen molar-refractivity contribution < 1.29 is 14.8 Å². The van der Waals surface area contributed by atoms with Gasteiger partial charge in [-0.1, -0.05) is 0 Å². The highest BCUT2D eigenvalue weighted by Gasteiger charge is 2.32. The van der Waals surface area contributed by atoms with E-state index in [1.54, 1.807) is 4.90 Å². The Labute approximate surface area is 116 Å². The smallest absolute Gasteiger partial charge is 0.310 e. The number of carbonyl (C=O) groups excluding carboxylic acids is 1. The number of rotatable bonds is 3. The summed E-state index contributed by atoms with van der Waals surface area (Å²) in [5.74, 6) is -0.456. The lowest BCUT2D eigenvalue weighted by atomic mass is 10.1. The second kappa shape index (κ2) is 5.46. The Morgan fingerprint density at radius 1 is 1.60 bits per heavy atom. The van der Waals surface area contributed by atoms with Crippen molar-refractivity contribution in [2.45, 2.75) is 19.4 Å². The summed E-state index contributed by atoms with van der Waals surface area (Å²) in [6, 6.07) is 3.73. The molecule has 0 radical (unpaired) electrons. The maximum Gasteiger partial charge on any atom is 0.310 e. The molecule has 0 saturated carbocycles. The number of carbonyl (C=O) groups is 1. The predicted molar refractivity (Wildman–Crippen MR) is 72.4 cm³/mol. The Morgan fingerprint density at radius 2 is 2.30 bits per heavy atom. The number of phenols is 1. The summed E-state index contributed by atoms with van der Waals surface area (Å²) < 4.78 is 0. The van der Waals surface area contributed by atoms with Crippen molar-refractivity contribution in [3.63, 3.8) is 0 Å². The molecule has 108 valence electrons. The van der Waals surface area contributed by atoms with Crippen molar-refractivity contribution >= 4 is 11.6 Å². The van der Waals surface area contributed by atoms with Crippen molar-refractivity contribution in [1.82, 2.24) is 4.90 Å². The zero-order chi connectivity index (χ0) is 14.9. The van der Waals surface area contributed by atoms with Gasteiger partial charge in [-0.05, 0) is 37.9 Å².